The summed E-state index contributed by atoms with van der Waals surface area (Å²) in [5, 5.41) is 5.94. The number of halogens is 3. The predicted molar refractivity (Wildman–Crippen MR) is 109 cm³/mol. The lowest BCUT2D eigenvalue weighted by molar-refractivity contribution is -0.127. The van der Waals surface area contributed by atoms with E-state index in [0.717, 1.165) is 10.9 Å². The van der Waals surface area contributed by atoms with E-state index in [9.17, 15) is 4.79 Å². The van der Waals surface area contributed by atoms with Crippen molar-refractivity contribution in [1.29, 1.82) is 0 Å². The number of nitrogens with zero attached hydrogens (tertiary/aromatic N) is 2. The molecule has 3 aromatic rings. The van der Waals surface area contributed by atoms with Crippen molar-refractivity contribution in [3.8, 4) is 5.75 Å². The number of benzene rings is 2. The Kier molecular flexibility index (Phi) is 6.16. The molecule has 0 bridgehead atoms. The number of carbonyl (C=O) groups is 1. The second-order valence-electron chi connectivity index (χ2n) is 5.63. The van der Waals surface area contributed by atoms with Crippen LogP contribution in [0.1, 0.15) is 12.5 Å². The van der Waals surface area contributed by atoms with Crippen molar-refractivity contribution in [2.45, 2.75) is 13.0 Å². The van der Waals surface area contributed by atoms with Crippen LogP contribution in [0, 0.1) is 0 Å². The molecule has 0 spiro atoms. The largest absolute Gasteiger partial charge is 0.479 e. The van der Waals surface area contributed by atoms with Crippen LogP contribution >= 0.6 is 34.8 Å². The Hall–Kier alpha value is -2.34. The monoisotopic (exact) mass is 421 g/mol. The maximum absolute atomic E-state index is 12.1. The first kappa shape index (κ1) is 19.4. The number of ether oxygens (including phenoxy) is 1. The van der Waals surface area contributed by atoms with Gasteiger partial charge in [0.1, 0.15) is 10.9 Å². The van der Waals surface area contributed by atoms with Crippen LogP contribution in [0.4, 0.5) is 0 Å². The van der Waals surface area contributed by atoms with E-state index in [-0.39, 0.29) is 0 Å². The highest BCUT2D eigenvalue weighted by Crippen LogP contribution is 2.28. The van der Waals surface area contributed by atoms with Gasteiger partial charge in [0.05, 0.1) is 16.8 Å². The number of para-hydroxylation sites is 1. The lowest BCUT2D eigenvalue weighted by Gasteiger charge is -2.14. The summed E-state index contributed by atoms with van der Waals surface area (Å²) in [5.41, 5.74) is 3.78. The van der Waals surface area contributed by atoms with Gasteiger partial charge in [-0.05, 0) is 37.3 Å². The van der Waals surface area contributed by atoms with E-state index < -0.39 is 12.0 Å². The van der Waals surface area contributed by atoms with Gasteiger partial charge in [0.15, 0.2) is 6.10 Å². The minimum absolute atomic E-state index is 0.295. The number of pyridine rings is 1. The fourth-order valence-electron chi connectivity index (χ4n) is 2.27. The quantitative estimate of drug-likeness (QED) is 0.353. The molecule has 0 unspecified atom stereocenters. The average Bonchev–Trinajstić information content (AvgIpc) is 2.64. The van der Waals surface area contributed by atoms with E-state index in [1.165, 1.54) is 12.3 Å². The first-order valence-corrected chi connectivity index (χ1v) is 9.07. The van der Waals surface area contributed by atoms with Crippen molar-refractivity contribution >= 4 is 57.8 Å². The Morgan fingerprint density at radius 1 is 1.19 bits per heavy atom. The molecule has 2 aromatic carbocycles. The Labute approximate surface area is 170 Å². The fraction of sp³-hybridized carbons (Fsp3) is 0.105. The average molecular weight is 423 g/mol. The third kappa shape index (κ3) is 4.89. The van der Waals surface area contributed by atoms with E-state index >= 15 is 0 Å². The van der Waals surface area contributed by atoms with Gasteiger partial charge in [-0.25, -0.2) is 10.4 Å². The van der Waals surface area contributed by atoms with Gasteiger partial charge in [0.2, 0.25) is 0 Å². The third-order valence-electron chi connectivity index (χ3n) is 3.65. The molecule has 27 heavy (non-hydrogen) atoms. The molecule has 0 saturated carbocycles. The molecule has 138 valence electrons. The summed E-state index contributed by atoms with van der Waals surface area (Å²) in [6.45, 7) is 1.58. The van der Waals surface area contributed by atoms with Gasteiger partial charge in [0, 0.05) is 16.0 Å². The lowest BCUT2D eigenvalue weighted by Crippen LogP contribution is -2.33. The molecule has 0 radical (unpaired) electrons. The Balaban J connectivity index is 1.65. The molecular formula is C19H14Cl3N3O2. The topological polar surface area (TPSA) is 63.6 Å². The van der Waals surface area contributed by atoms with E-state index in [1.54, 1.807) is 19.1 Å². The minimum atomic E-state index is -0.814. The predicted octanol–water partition coefficient (Wildman–Crippen LogP) is 5.11. The highest BCUT2D eigenvalue weighted by Gasteiger charge is 2.15. The summed E-state index contributed by atoms with van der Waals surface area (Å²) in [5.74, 6) is -0.0865. The Morgan fingerprint density at radius 2 is 1.96 bits per heavy atom. The molecule has 0 fully saturated rings. The molecule has 5 nitrogen and oxygen atoms in total. The van der Waals surface area contributed by atoms with Crippen LogP contribution in [0.5, 0.6) is 5.75 Å². The number of rotatable bonds is 5. The molecule has 0 aliphatic carbocycles. The number of aromatic nitrogens is 1. The van der Waals surface area contributed by atoms with Crippen LogP contribution in [0.2, 0.25) is 15.2 Å². The highest BCUT2D eigenvalue weighted by molar-refractivity contribution is 6.35. The van der Waals surface area contributed by atoms with E-state index in [1.807, 2.05) is 30.3 Å². The number of hydrazone groups is 1. The summed E-state index contributed by atoms with van der Waals surface area (Å²) < 4.78 is 5.53. The Morgan fingerprint density at radius 3 is 2.74 bits per heavy atom. The highest BCUT2D eigenvalue weighted by atomic mass is 35.5. The van der Waals surface area contributed by atoms with Gasteiger partial charge in [-0.1, -0.05) is 53.0 Å². The molecule has 0 aliphatic rings. The normalized spacial score (nSPS) is 12.3. The smallest absolute Gasteiger partial charge is 0.280 e. The van der Waals surface area contributed by atoms with Gasteiger partial charge in [-0.2, -0.15) is 5.10 Å². The van der Waals surface area contributed by atoms with Gasteiger partial charge in [-0.3, -0.25) is 4.79 Å². The van der Waals surface area contributed by atoms with Gasteiger partial charge < -0.3 is 4.74 Å². The van der Waals surface area contributed by atoms with Gasteiger partial charge in [-0.15, -0.1) is 0 Å². The number of nitrogens with one attached hydrogen (secondary N) is 1. The summed E-state index contributed by atoms with van der Waals surface area (Å²) in [6, 6.07) is 14.2. The summed E-state index contributed by atoms with van der Waals surface area (Å²) in [7, 11) is 0. The van der Waals surface area contributed by atoms with Crippen molar-refractivity contribution < 1.29 is 9.53 Å². The molecule has 8 heteroatoms. The first-order chi connectivity index (χ1) is 12.9. The molecule has 1 atom stereocenters. The first-order valence-electron chi connectivity index (χ1n) is 7.94. The van der Waals surface area contributed by atoms with Crippen LogP contribution in [0.15, 0.2) is 53.6 Å². The molecule has 0 saturated heterocycles. The molecule has 1 aromatic heterocycles. The van der Waals surface area contributed by atoms with Crippen LogP contribution < -0.4 is 10.2 Å². The van der Waals surface area contributed by atoms with Crippen LogP contribution in [-0.2, 0) is 4.79 Å². The second-order valence-corrected chi connectivity index (χ2v) is 6.83. The van der Waals surface area contributed by atoms with E-state index in [4.69, 9.17) is 39.5 Å². The summed E-state index contributed by atoms with van der Waals surface area (Å²) >= 11 is 18.0. The van der Waals surface area contributed by atoms with Crippen molar-refractivity contribution in [2.24, 2.45) is 5.10 Å². The van der Waals surface area contributed by atoms with Crippen molar-refractivity contribution in [3.63, 3.8) is 0 Å². The lowest BCUT2D eigenvalue weighted by atomic mass is 10.2. The van der Waals surface area contributed by atoms with Crippen molar-refractivity contribution in [2.75, 3.05) is 0 Å². The number of fused-ring (bicyclic) bond motifs is 1. The van der Waals surface area contributed by atoms with E-state index in [0.29, 0.717) is 26.5 Å². The molecule has 1 amide bonds. The zero-order chi connectivity index (χ0) is 19.4. The van der Waals surface area contributed by atoms with Crippen LogP contribution in [-0.4, -0.2) is 23.2 Å². The summed E-state index contributed by atoms with van der Waals surface area (Å²) in [6.07, 6.45) is 0.618. The third-order valence-corrected chi connectivity index (χ3v) is 4.48. The van der Waals surface area contributed by atoms with Crippen LogP contribution in [0.3, 0.4) is 0 Å². The molecule has 1 heterocycles. The second kappa shape index (κ2) is 8.57. The zero-order valence-electron chi connectivity index (χ0n) is 14.1. The number of amides is 1. The maximum atomic E-state index is 12.1. The molecular weight excluding hydrogens is 409 g/mol. The number of hydrogen-bond donors (Lipinski definition) is 1. The zero-order valence-corrected chi connectivity index (χ0v) is 16.4. The van der Waals surface area contributed by atoms with Crippen LogP contribution in [0.25, 0.3) is 10.9 Å². The van der Waals surface area contributed by atoms with Crippen molar-refractivity contribution in [1.82, 2.24) is 10.4 Å². The molecule has 0 aliphatic heterocycles. The van der Waals surface area contributed by atoms with E-state index in [2.05, 4.69) is 15.5 Å². The fourth-order valence-corrected chi connectivity index (χ4v) is 2.92. The number of hydrogen-bond acceptors (Lipinski definition) is 4. The van der Waals surface area contributed by atoms with Gasteiger partial charge >= 0.3 is 0 Å². The number of carbonyl (C=O) groups excluding carboxylic acids is 1. The van der Waals surface area contributed by atoms with Crippen molar-refractivity contribution in [3.05, 3.63) is 69.3 Å². The maximum Gasteiger partial charge on any atom is 0.280 e. The summed E-state index contributed by atoms with van der Waals surface area (Å²) in [4.78, 5) is 16.4. The molecule has 3 rings (SSSR count). The minimum Gasteiger partial charge on any atom is -0.479 e. The standard InChI is InChI=1S/C19H14Cl3N3O2/c1-11(27-17-7-6-14(20)9-15(17)21)19(26)25-23-10-13-8-12-4-2-3-5-16(12)24-18(13)22/h2-11H,1H3,(H,25,26)/b23-10-/t11-/m1/s1. The SMILES string of the molecule is C[C@@H](Oc1ccc(Cl)cc1Cl)C(=O)N/N=C\c1cc2ccccc2nc1Cl. The molecule has 1 N–H and O–H groups in total. The Bertz CT molecular complexity index is 1020. The van der Waals surface area contributed by atoms with Gasteiger partial charge in [0.25, 0.3) is 5.91 Å².